The molecule has 1 aromatic carbocycles. The lowest BCUT2D eigenvalue weighted by Crippen LogP contribution is -2.58. The summed E-state index contributed by atoms with van der Waals surface area (Å²) in [5.74, 6) is -1.35. The first-order chi connectivity index (χ1) is 9.56. The van der Waals surface area contributed by atoms with Gasteiger partial charge in [-0.05, 0) is 25.1 Å². The Morgan fingerprint density at radius 2 is 2.15 bits per heavy atom. The summed E-state index contributed by atoms with van der Waals surface area (Å²) in [5, 5.41) is 6.84. The van der Waals surface area contributed by atoms with Crippen LogP contribution in [-0.2, 0) is 11.3 Å². The first-order valence-electron chi connectivity index (χ1n) is 6.18. The Morgan fingerprint density at radius 3 is 2.80 bits per heavy atom. The maximum absolute atomic E-state index is 13.1. The molecule has 2 aromatic rings. The number of aromatic nitrogens is 2. The summed E-state index contributed by atoms with van der Waals surface area (Å²) in [6, 6.07) is 3.45. The Kier molecular flexibility index (Phi) is 3.23. The van der Waals surface area contributed by atoms with Crippen LogP contribution in [-0.4, -0.2) is 28.8 Å². The molecule has 0 amide bonds. The highest BCUT2D eigenvalue weighted by molar-refractivity contribution is 5.54. The van der Waals surface area contributed by atoms with E-state index in [0.29, 0.717) is 11.5 Å². The lowest BCUT2D eigenvalue weighted by Gasteiger charge is -2.38. The summed E-state index contributed by atoms with van der Waals surface area (Å²) >= 11 is 0. The molecule has 7 heteroatoms. The second kappa shape index (κ2) is 4.92. The van der Waals surface area contributed by atoms with Gasteiger partial charge in [-0.3, -0.25) is 0 Å². The van der Waals surface area contributed by atoms with Gasteiger partial charge in [-0.15, -0.1) is 0 Å². The van der Waals surface area contributed by atoms with Crippen LogP contribution in [0, 0.1) is 11.6 Å². The third-order valence-electron chi connectivity index (χ3n) is 3.19. The van der Waals surface area contributed by atoms with E-state index in [1.807, 2.05) is 6.92 Å². The third kappa shape index (κ3) is 2.54. The Hall–Kier alpha value is -1.86. The van der Waals surface area contributed by atoms with Crippen molar-refractivity contribution in [3.05, 3.63) is 35.7 Å². The molecule has 1 saturated heterocycles. The lowest BCUT2D eigenvalue weighted by atomic mass is 10.0. The number of ether oxygens (including phenoxy) is 1. The monoisotopic (exact) mass is 281 g/mol. The fourth-order valence-electron chi connectivity index (χ4n) is 1.88. The van der Waals surface area contributed by atoms with Gasteiger partial charge < -0.3 is 14.6 Å². The zero-order valence-electron chi connectivity index (χ0n) is 10.8. The van der Waals surface area contributed by atoms with Gasteiger partial charge in [-0.1, -0.05) is 5.16 Å². The lowest BCUT2D eigenvalue weighted by molar-refractivity contribution is -0.0841. The molecule has 20 heavy (non-hydrogen) atoms. The quantitative estimate of drug-likeness (QED) is 0.927. The van der Waals surface area contributed by atoms with Crippen molar-refractivity contribution in [3.63, 3.8) is 0 Å². The van der Waals surface area contributed by atoms with Gasteiger partial charge >= 0.3 is 0 Å². The van der Waals surface area contributed by atoms with E-state index in [2.05, 4.69) is 15.5 Å². The van der Waals surface area contributed by atoms with Crippen LogP contribution in [0.3, 0.4) is 0 Å². The van der Waals surface area contributed by atoms with Gasteiger partial charge in [0.25, 0.3) is 5.89 Å². The first kappa shape index (κ1) is 13.1. The van der Waals surface area contributed by atoms with Gasteiger partial charge in [0.15, 0.2) is 11.6 Å². The molecule has 1 aromatic heterocycles. The van der Waals surface area contributed by atoms with E-state index in [9.17, 15) is 8.78 Å². The normalized spacial score (nSPS) is 16.9. The summed E-state index contributed by atoms with van der Waals surface area (Å²) in [6.45, 7) is 3.72. The van der Waals surface area contributed by atoms with E-state index in [1.165, 1.54) is 6.07 Å². The zero-order valence-corrected chi connectivity index (χ0v) is 10.8. The van der Waals surface area contributed by atoms with Crippen molar-refractivity contribution in [2.45, 2.75) is 19.1 Å². The Bertz CT molecular complexity index is 626. The highest BCUT2D eigenvalue weighted by atomic mass is 19.2. The molecular weight excluding hydrogens is 268 g/mol. The molecule has 1 N–H and O–H groups in total. The summed E-state index contributed by atoms with van der Waals surface area (Å²) in [6.07, 6.45) is 0. The highest BCUT2D eigenvalue weighted by Crippen LogP contribution is 2.21. The topological polar surface area (TPSA) is 60.2 Å². The molecule has 0 radical (unpaired) electrons. The largest absolute Gasteiger partial charge is 0.363 e. The molecule has 1 aliphatic rings. The molecule has 0 atom stereocenters. The van der Waals surface area contributed by atoms with Crippen LogP contribution in [0.2, 0.25) is 0 Å². The molecule has 0 unspecified atom stereocenters. The number of nitrogens with one attached hydrogen (secondary N) is 1. The van der Waals surface area contributed by atoms with E-state index in [0.717, 1.165) is 25.2 Å². The molecule has 0 spiro atoms. The molecule has 0 saturated carbocycles. The molecule has 5 nitrogen and oxygen atoms in total. The number of hydrogen-bond donors (Lipinski definition) is 1. The van der Waals surface area contributed by atoms with Gasteiger partial charge in [0, 0.05) is 18.7 Å². The summed E-state index contributed by atoms with van der Waals surface area (Å²) < 4.78 is 36.7. The van der Waals surface area contributed by atoms with Crippen molar-refractivity contribution in [3.8, 4) is 11.4 Å². The van der Waals surface area contributed by atoms with E-state index in [4.69, 9.17) is 9.26 Å². The average molecular weight is 281 g/mol. The summed E-state index contributed by atoms with van der Waals surface area (Å²) in [4.78, 5) is 4.10. The minimum atomic E-state index is -0.946. The van der Waals surface area contributed by atoms with Gasteiger partial charge in [0.2, 0.25) is 5.82 Å². The second-order valence-electron chi connectivity index (χ2n) is 4.98. The molecular formula is C13H13F2N3O2. The second-order valence-corrected chi connectivity index (χ2v) is 4.98. The average Bonchev–Trinajstić information content (AvgIpc) is 2.86. The minimum absolute atomic E-state index is 0.189. The van der Waals surface area contributed by atoms with Crippen molar-refractivity contribution in [1.29, 1.82) is 0 Å². The fourth-order valence-corrected chi connectivity index (χ4v) is 1.88. The van der Waals surface area contributed by atoms with Crippen LogP contribution in [0.15, 0.2) is 22.7 Å². The molecule has 0 aliphatic carbocycles. The van der Waals surface area contributed by atoms with Gasteiger partial charge in [-0.2, -0.15) is 4.98 Å². The number of rotatable bonds is 4. The predicted octanol–water partition coefficient (Wildman–Crippen LogP) is 1.89. The number of nitrogens with zero attached hydrogens (tertiary/aromatic N) is 2. The Labute approximate surface area is 113 Å². The molecule has 0 bridgehead atoms. The Balaban J connectivity index is 1.71. The molecule has 1 aliphatic heterocycles. The Morgan fingerprint density at radius 1 is 1.35 bits per heavy atom. The van der Waals surface area contributed by atoms with Crippen molar-refractivity contribution in [1.82, 2.24) is 15.5 Å². The number of halogens is 2. The molecule has 1 fully saturated rings. The SMILES string of the molecule is CC1(OCc2nc(-c3ccc(F)c(F)c3)no2)CNC1. The van der Waals surface area contributed by atoms with Crippen molar-refractivity contribution < 1.29 is 18.0 Å². The maximum atomic E-state index is 13.1. The van der Waals surface area contributed by atoms with Crippen LogP contribution < -0.4 is 5.32 Å². The standard InChI is InChI=1S/C13H13F2N3O2/c1-13(6-16-7-13)19-5-11-17-12(18-20-11)8-2-3-9(14)10(15)4-8/h2-4,16H,5-7H2,1H3. The van der Waals surface area contributed by atoms with E-state index < -0.39 is 11.6 Å². The van der Waals surface area contributed by atoms with E-state index in [-0.39, 0.29) is 18.0 Å². The highest BCUT2D eigenvalue weighted by Gasteiger charge is 2.33. The van der Waals surface area contributed by atoms with Gasteiger partial charge in [0.05, 0.1) is 5.60 Å². The van der Waals surface area contributed by atoms with E-state index >= 15 is 0 Å². The first-order valence-corrected chi connectivity index (χ1v) is 6.18. The molecule has 2 heterocycles. The van der Waals surface area contributed by atoms with Crippen LogP contribution in [0.1, 0.15) is 12.8 Å². The minimum Gasteiger partial charge on any atom is -0.363 e. The van der Waals surface area contributed by atoms with Crippen LogP contribution in [0.25, 0.3) is 11.4 Å². The van der Waals surface area contributed by atoms with Crippen LogP contribution >= 0.6 is 0 Å². The number of hydrogen-bond acceptors (Lipinski definition) is 5. The van der Waals surface area contributed by atoms with Crippen molar-refractivity contribution in [2.75, 3.05) is 13.1 Å². The zero-order chi connectivity index (χ0) is 14.2. The third-order valence-corrected chi connectivity index (χ3v) is 3.19. The smallest absolute Gasteiger partial charge is 0.252 e. The fraction of sp³-hybridized carbons (Fsp3) is 0.385. The van der Waals surface area contributed by atoms with Crippen LogP contribution in [0.5, 0.6) is 0 Å². The molecule has 3 rings (SSSR count). The van der Waals surface area contributed by atoms with Gasteiger partial charge in [-0.25, -0.2) is 8.78 Å². The van der Waals surface area contributed by atoms with Gasteiger partial charge in [0.1, 0.15) is 6.61 Å². The summed E-state index contributed by atoms with van der Waals surface area (Å²) in [5.41, 5.74) is 0.145. The maximum Gasteiger partial charge on any atom is 0.252 e. The predicted molar refractivity (Wildman–Crippen MR) is 65.7 cm³/mol. The van der Waals surface area contributed by atoms with Crippen molar-refractivity contribution in [2.24, 2.45) is 0 Å². The molecule has 106 valence electrons. The van der Waals surface area contributed by atoms with E-state index in [1.54, 1.807) is 0 Å². The summed E-state index contributed by atoms with van der Waals surface area (Å²) in [7, 11) is 0. The van der Waals surface area contributed by atoms with Crippen molar-refractivity contribution >= 4 is 0 Å². The van der Waals surface area contributed by atoms with Crippen LogP contribution in [0.4, 0.5) is 8.78 Å². The number of benzene rings is 1.